The number of rotatable bonds is 5. The molecule has 1 fully saturated rings. The number of ketones is 1. The van der Waals surface area contributed by atoms with Gasteiger partial charge in [-0.2, -0.15) is 0 Å². The molecule has 1 heterocycles. The number of nitrogens with zero attached hydrogens (tertiary/aromatic N) is 1. The second-order valence-corrected chi connectivity index (χ2v) is 5.65. The molecule has 1 aromatic heterocycles. The number of hydrogen-bond donors (Lipinski definition) is 1. The lowest BCUT2D eigenvalue weighted by Gasteiger charge is -2.10. The van der Waals surface area contributed by atoms with Crippen molar-refractivity contribution >= 4 is 5.78 Å². The summed E-state index contributed by atoms with van der Waals surface area (Å²) < 4.78 is 5.65. The summed E-state index contributed by atoms with van der Waals surface area (Å²) in [6, 6.07) is 11.3. The molecule has 0 bridgehead atoms. The molecule has 108 valence electrons. The molecule has 0 unspecified atom stereocenters. The molecule has 3 rings (SSSR count). The molecule has 1 saturated carbocycles. The summed E-state index contributed by atoms with van der Waals surface area (Å²) in [5.74, 6) is 0.794. The lowest BCUT2D eigenvalue weighted by atomic mass is 9.99. The van der Waals surface area contributed by atoms with Crippen molar-refractivity contribution in [2.75, 3.05) is 6.61 Å². The molecule has 21 heavy (non-hydrogen) atoms. The van der Waals surface area contributed by atoms with Gasteiger partial charge in [0.15, 0.2) is 5.78 Å². The lowest BCUT2D eigenvalue weighted by molar-refractivity contribution is 0.0903. The summed E-state index contributed by atoms with van der Waals surface area (Å²) in [6.45, 7) is 1.75. The molecule has 0 atom stereocenters. The maximum atomic E-state index is 11.3. The molecule has 1 aromatic carbocycles. The monoisotopic (exact) mass is 283 g/mol. The van der Waals surface area contributed by atoms with Gasteiger partial charge < -0.3 is 9.84 Å². The van der Waals surface area contributed by atoms with E-state index in [2.05, 4.69) is 24.0 Å². The number of hydrogen-bond acceptors (Lipinski definition) is 4. The van der Waals surface area contributed by atoms with E-state index in [1.54, 1.807) is 12.1 Å². The summed E-state index contributed by atoms with van der Waals surface area (Å²) >= 11 is 0. The van der Waals surface area contributed by atoms with Crippen LogP contribution in [-0.2, 0) is 5.41 Å². The van der Waals surface area contributed by atoms with Crippen molar-refractivity contribution in [2.45, 2.75) is 25.2 Å². The van der Waals surface area contributed by atoms with E-state index in [4.69, 9.17) is 9.84 Å². The first-order chi connectivity index (χ1) is 10.1. The zero-order chi connectivity index (χ0) is 14.9. The van der Waals surface area contributed by atoms with Crippen molar-refractivity contribution in [2.24, 2.45) is 0 Å². The number of carbonyl (C=O) groups is 1. The Labute approximate surface area is 123 Å². The first-order valence-corrected chi connectivity index (χ1v) is 6.99. The van der Waals surface area contributed by atoms with E-state index in [9.17, 15) is 4.79 Å². The summed E-state index contributed by atoms with van der Waals surface area (Å²) in [7, 11) is 0. The Morgan fingerprint density at radius 3 is 2.48 bits per heavy atom. The van der Waals surface area contributed by atoms with Crippen LogP contribution in [0.25, 0.3) is 0 Å². The minimum atomic E-state index is -0.512. The van der Waals surface area contributed by atoms with Crippen molar-refractivity contribution in [3.05, 3.63) is 53.7 Å². The van der Waals surface area contributed by atoms with Crippen molar-refractivity contribution in [3.63, 3.8) is 0 Å². The number of aromatic nitrogens is 1. The molecule has 0 saturated heterocycles. The number of aliphatic hydroxyl groups excluding tert-OH is 1. The summed E-state index contributed by atoms with van der Waals surface area (Å²) in [6.07, 6.45) is 3.90. The average Bonchev–Trinajstić information content (AvgIpc) is 3.27. The smallest absolute Gasteiger partial charge is 0.219 e. The quantitative estimate of drug-likeness (QED) is 0.857. The molecule has 0 amide bonds. The Kier molecular flexibility index (Phi) is 3.47. The van der Waals surface area contributed by atoms with Crippen LogP contribution in [0.2, 0.25) is 0 Å². The van der Waals surface area contributed by atoms with Crippen molar-refractivity contribution in [1.82, 2.24) is 4.98 Å². The van der Waals surface area contributed by atoms with Crippen LogP contribution in [0.15, 0.2) is 42.6 Å². The molecule has 0 spiro atoms. The molecule has 2 aromatic rings. The van der Waals surface area contributed by atoms with Gasteiger partial charge in [0.1, 0.15) is 12.4 Å². The highest BCUT2D eigenvalue weighted by Gasteiger charge is 2.38. The normalized spacial score (nSPS) is 15.5. The molecule has 1 aliphatic carbocycles. The van der Waals surface area contributed by atoms with Crippen molar-refractivity contribution in [1.29, 1.82) is 0 Å². The van der Waals surface area contributed by atoms with Crippen LogP contribution in [0.1, 0.15) is 35.7 Å². The zero-order valence-electron chi connectivity index (χ0n) is 11.9. The molecular formula is C17H17NO3. The van der Waals surface area contributed by atoms with Gasteiger partial charge in [-0.05, 0) is 42.0 Å². The van der Waals surface area contributed by atoms with Crippen molar-refractivity contribution < 1.29 is 14.6 Å². The molecule has 1 N–H and O–H groups in total. The van der Waals surface area contributed by atoms with E-state index < -0.39 is 6.61 Å². The summed E-state index contributed by atoms with van der Waals surface area (Å²) in [4.78, 5) is 15.4. The summed E-state index contributed by atoms with van der Waals surface area (Å²) in [5.41, 5.74) is 2.07. The van der Waals surface area contributed by atoms with Gasteiger partial charge in [0.25, 0.3) is 0 Å². The number of benzene rings is 1. The first kappa shape index (κ1) is 13.8. The van der Waals surface area contributed by atoms with Crippen molar-refractivity contribution in [3.8, 4) is 11.6 Å². The topological polar surface area (TPSA) is 59.4 Å². The maximum Gasteiger partial charge on any atom is 0.219 e. The highest BCUT2D eigenvalue weighted by molar-refractivity contribution is 5.96. The van der Waals surface area contributed by atoms with Gasteiger partial charge in [0.2, 0.25) is 5.88 Å². The number of carbonyl (C=O) groups excluding carboxylic acids is 1. The number of Topliss-reactive ketones (excluding diaryl/α,β-unsaturated/α-hetero) is 1. The Bertz CT molecular complexity index is 643. The number of aliphatic hydroxyl groups is 1. The zero-order valence-corrected chi connectivity index (χ0v) is 11.9. The van der Waals surface area contributed by atoms with Crippen LogP contribution in [0.4, 0.5) is 0 Å². The van der Waals surface area contributed by atoms with E-state index in [1.165, 1.54) is 24.6 Å². The Morgan fingerprint density at radius 2 is 1.95 bits per heavy atom. The third-order valence-corrected chi connectivity index (χ3v) is 3.98. The molecule has 4 nitrogen and oxygen atoms in total. The SMILES string of the molecule is CC1(c2ccc(Oc3ccc(C(=O)CO)cn3)cc2)CC1. The van der Waals surface area contributed by atoms with E-state index in [-0.39, 0.29) is 5.78 Å². The fraction of sp³-hybridized carbons (Fsp3) is 0.294. The van der Waals surface area contributed by atoms with Crippen LogP contribution in [-0.4, -0.2) is 22.5 Å². The third kappa shape index (κ3) is 2.95. The minimum absolute atomic E-state index is 0.350. The van der Waals surface area contributed by atoms with Gasteiger partial charge in [0, 0.05) is 17.8 Å². The van der Waals surface area contributed by atoms with Gasteiger partial charge in [-0.15, -0.1) is 0 Å². The van der Waals surface area contributed by atoms with Gasteiger partial charge >= 0.3 is 0 Å². The van der Waals surface area contributed by atoms with Gasteiger partial charge in [-0.3, -0.25) is 4.79 Å². The molecular weight excluding hydrogens is 266 g/mol. The molecule has 4 heteroatoms. The molecule has 0 radical (unpaired) electrons. The lowest BCUT2D eigenvalue weighted by Crippen LogP contribution is -2.04. The Hall–Kier alpha value is -2.20. The first-order valence-electron chi connectivity index (χ1n) is 6.99. The Balaban J connectivity index is 1.70. The van der Waals surface area contributed by atoms with Crippen LogP contribution in [0.3, 0.4) is 0 Å². The molecule has 0 aliphatic heterocycles. The third-order valence-electron chi connectivity index (χ3n) is 3.98. The highest BCUT2D eigenvalue weighted by Crippen LogP contribution is 2.47. The number of ether oxygens (including phenoxy) is 1. The predicted octanol–water partition coefficient (Wildman–Crippen LogP) is 3.10. The fourth-order valence-electron chi connectivity index (χ4n) is 2.22. The van der Waals surface area contributed by atoms with Crippen LogP contribution in [0.5, 0.6) is 11.6 Å². The van der Waals surface area contributed by atoms with Gasteiger partial charge in [-0.1, -0.05) is 19.1 Å². The van der Waals surface area contributed by atoms with Gasteiger partial charge in [0.05, 0.1) is 0 Å². The minimum Gasteiger partial charge on any atom is -0.439 e. The molecule has 1 aliphatic rings. The van der Waals surface area contributed by atoms with Crippen LogP contribution < -0.4 is 4.74 Å². The van der Waals surface area contributed by atoms with Crippen LogP contribution >= 0.6 is 0 Å². The fourth-order valence-corrected chi connectivity index (χ4v) is 2.22. The van der Waals surface area contributed by atoms with Crippen LogP contribution in [0, 0.1) is 0 Å². The predicted molar refractivity (Wildman–Crippen MR) is 78.8 cm³/mol. The largest absolute Gasteiger partial charge is 0.439 e. The Morgan fingerprint density at radius 1 is 1.24 bits per heavy atom. The average molecular weight is 283 g/mol. The highest BCUT2D eigenvalue weighted by atomic mass is 16.5. The standard InChI is InChI=1S/C17H17NO3/c1-17(8-9-17)13-3-5-14(6-4-13)21-16-7-2-12(10-18-16)15(20)11-19/h2-7,10,19H,8-9,11H2,1H3. The van der Waals surface area contributed by atoms with E-state index in [0.717, 1.165) is 5.75 Å². The van der Waals surface area contributed by atoms with Gasteiger partial charge in [-0.25, -0.2) is 4.98 Å². The maximum absolute atomic E-state index is 11.3. The van der Waals surface area contributed by atoms with E-state index in [1.807, 2.05) is 12.1 Å². The summed E-state index contributed by atoms with van der Waals surface area (Å²) in [5, 5.41) is 8.78. The van der Waals surface area contributed by atoms with E-state index >= 15 is 0 Å². The number of pyridine rings is 1. The second kappa shape index (κ2) is 5.30. The second-order valence-electron chi connectivity index (χ2n) is 5.65. The van der Waals surface area contributed by atoms with E-state index in [0.29, 0.717) is 16.9 Å².